The van der Waals surface area contributed by atoms with Crippen LogP contribution in [0.5, 0.6) is 0 Å². The van der Waals surface area contributed by atoms with Crippen molar-refractivity contribution >= 4 is 28.9 Å². The number of halogens is 1. The van der Waals surface area contributed by atoms with Crippen LogP contribution < -0.4 is 16.3 Å². The number of aromatic amines is 1. The molecule has 3 N–H and O–H groups in total. The Morgan fingerprint density at radius 2 is 1.85 bits per heavy atom. The van der Waals surface area contributed by atoms with E-state index in [9.17, 15) is 18.8 Å². The van der Waals surface area contributed by atoms with Crippen molar-refractivity contribution in [3.05, 3.63) is 81.9 Å². The van der Waals surface area contributed by atoms with Gasteiger partial charge in [-0.05, 0) is 41.8 Å². The van der Waals surface area contributed by atoms with Crippen LogP contribution in [0.4, 0.5) is 4.39 Å². The average Bonchev–Trinajstić information content (AvgIpc) is 2.67. The molecule has 3 aromatic rings. The summed E-state index contributed by atoms with van der Waals surface area (Å²) in [5.74, 6) is -1.54. The van der Waals surface area contributed by atoms with E-state index in [1.807, 2.05) is 18.2 Å². The van der Waals surface area contributed by atoms with Crippen LogP contribution >= 0.6 is 0 Å². The summed E-state index contributed by atoms with van der Waals surface area (Å²) in [7, 11) is 0. The number of nitrogens with zero attached hydrogens (tertiary/aromatic N) is 1. The summed E-state index contributed by atoms with van der Waals surface area (Å²) in [6, 6.07) is 13.9. The second kappa shape index (κ2) is 8.05. The third kappa shape index (κ3) is 4.63. The van der Waals surface area contributed by atoms with E-state index in [2.05, 4.69) is 20.8 Å². The Morgan fingerprint density at radius 1 is 1.11 bits per heavy atom. The van der Waals surface area contributed by atoms with Crippen LogP contribution in [0, 0.1) is 5.82 Å². The molecule has 0 radical (unpaired) electrons. The van der Waals surface area contributed by atoms with Crippen LogP contribution in [-0.4, -0.2) is 29.6 Å². The molecule has 27 heavy (non-hydrogen) atoms. The highest BCUT2D eigenvalue weighted by Crippen LogP contribution is 2.08. The zero-order valence-electron chi connectivity index (χ0n) is 14.0. The summed E-state index contributed by atoms with van der Waals surface area (Å²) in [4.78, 5) is 38.2. The van der Waals surface area contributed by atoms with Crippen LogP contribution in [0.3, 0.4) is 0 Å². The molecule has 8 heteroatoms. The van der Waals surface area contributed by atoms with Gasteiger partial charge in [-0.1, -0.05) is 18.2 Å². The van der Waals surface area contributed by atoms with Crippen molar-refractivity contribution in [1.29, 1.82) is 0 Å². The molecule has 0 atom stereocenters. The van der Waals surface area contributed by atoms with E-state index in [1.54, 1.807) is 12.1 Å². The van der Waals surface area contributed by atoms with Gasteiger partial charge in [-0.25, -0.2) is 9.82 Å². The monoisotopic (exact) mass is 366 g/mol. The van der Waals surface area contributed by atoms with Gasteiger partial charge >= 0.3 is 0 Å². The minimum absolute atomic E-state index is 0.232. The number of para-hydroxylation sites is 1. The van der Waals surface area contributed by atoms with Gasteiger partial charge in [0.25, 0.3) is 17.4 Å². The third-order valence-electron chi connectivity index (χ3n) is 3.69. The number of amides is 2. The van der Waals surface area contributed by atoms with Crippen LogP contribution in [0.2, 0.25) is 0 Å². The lowest BCUT2D eigenvalue weighted by molar-refractivity contribution is -0.120. The smallest absolute Gasteiger partial charge is 0.259 e. The maximum absolute atomic E-state index is 12.8. The number of rotatable bonds is 5. The largest absolute Gasteiger partial charge is 0.343 e. The zero-order chi connectivity index (χ0) is 19.2. The van der Waals surface area contributed by atoms with Gasteiger partial charge < -0.3 is 10.3 Å². The summed E-state index contributed by atoms with van der Waals surface area (Å²) in [5.41, 5.74) is 3.10. The predicted molar refractivity (Wildman–Crippen MR) is 99.0 cm³/mol. The Hall–Kier alpha value is -3.81. The summed E-state index contributed by atoms with van der Waals surface area (Å²) >= 11 is 0. The molecule has 7 nitrogen and oxygen atoms in total. The summed E-state index contributed by atoms with van der Waals surface area (Å²) in [6.07, 6.45) is 1.23. The van der Waals surface area contributed by atoms with Crippen molar-refractivity contribution < 1.29 is 14.0 Å². The van der Waals surface area contributed by atoms with Gasteiger partial charge in [-0.15, -0.1) is 0 Å². The van der Waals surface area contributed by atoms with Crippen molar-refractivity contribution in [1.82, 2.24) is 15.7 Å². The molecule has 0 aliphatic rings. The van der Waals surface area contributed by atoms with Crippen LogP contribution in [0.25, 0.3) is 10.9 Å². The molecule has 0 unspecified atom stereocenters. The number of carbonyl (C=O) groups is 2. The number of nitrogens with one attached hydrogen (secondary N) is 3. The molecule has 0 saturated carbocycles. The average molecular weight is 366 g/mol. The lowest BCUT2D eigenvalue weighted by atomic mass is 10.2. The molecular weight excluding hydrogens is 351 g/mol. The van der Waals surface area contributed by atoms with Gasteiger partial charge in [-0.3, -0.25) is 14.4 Å². The molecule has 0 bridgehead atoms. The highest BCUT2D eigenvalue weighted by atomic mass is 19.1. The standard InChI is InChI=1S/C19H15FN4O3/c20-15-7-5-12(6-8-15)18(26)21-11-17(25)24-22-10-14-9-13-3-1-2-4-16(13)23-19(14)27/h1-10H,11H2,(H,21,26)(H,23,27)(H,24,25)/b22-10+. The second-order valence-corrected chi connectivity index (χ2v) is 5.62. The van der Waals surface area contributed by atoms with Crippen LogP contribution in [0.1, 0.15) is 15.9 Å². The number of hydrogen-bond donors (Lipinski definition) is 3. The number of benzene rings is 2. The van der Waals surface area contributed by atoms with Gasteiger partial charge in [0.15, 0.2) is 0 Å². The SMILES string of the molecule is O=C(CNC(=O)c1ccc(F)cc1)N/N=C/c1cc2ccccc2[nH]c1=O. The number of H-pyrrole nitrogens is 1. The van der Waals surface area contributed by atoms with Gasteiger partial charge in [0.1, 0.15) is 5.82 Å². The first-order valence-electron chi connectivity index (χ1n) is 8.01. The number of aromatic nitrogens is 1. The Balaban J connectivity index is 1.56. The van der Waals surface area contributed by atoms with E-state index in [0.29, 0.717) is 5.52 Å². The van der Waals surface area contributed by atoms with E-state index < -0.39 is 17.6 Å². The van der Waals surface area contributed by atoms with Crippen molar-refractivity contribution in [2.45, 2.75) is 0 Å². The molecule has 0 aliphatic heterocycles. The Bertz CT molecular complexity index is 1070. The Labute approximate surface area is 152 Å². The molecule has 136 valence electrons. The Morgan fingerprint density at radius 3 is 2.63 bits per heavy atom. The summed E-state index contributed by atoms with van der Waals surface area (Å²) in [5, 5.41) is 6.94. The van der Waals surface area contributed by atoms with Crippen LogP contribution in [0.15, 0.2) is 64.5 Å². The Kier molecular flexibility index (Phi) is 5.36. The normalized spacial score (nSPS) is 10.9. The van der Waals surface area contributed by atoms with Gasteiger partial charge in [-0.2, -0.15) is 5.10 Å². The van der Waals surface area contributed by atoms with E-state index in [4.69, 9.17) is 0 Å². The predicted octanol–water partition coefficient (Wildman–Crippen LogP) is 1.55. The van der Waals surface area contributed by atoms with Gasteiger partial charge in [0.2, 0.25) is 0 Å². The van der Waals surface area contributed by atoms with E-state index >= 15 is 0 Å². The molecule has 1 heterocycles. The fraction of sp³-hybridized carbons (Fsp3) is 0.0526. The maximum Gasteiger partial charge on any atom is 0.259 e. The molecule has 2 aromatic carbocycles. The van der Waals surface area contributed by atoms with Crippen LogP contribution in [-0.2, 0) is 4.79 Å². The third-order valence-corrected chi connectivity index (χ3v) is 3.69. The van der Waals surface area contributed by atoms with E-state index in [0.717, 1.165) is 17.5 Å². The minimum atomic E-state index is -0.570. The van der Waals surface area contributed by atoms with E-state index in [1.165, 1.54) is 18.3 Å². The molecule has 2 amide bonds. The highest BCUT2D eigenvalue weighted by molar-refractivity contribution is 5.96. The molecule has 0 spiro atoms. The summed E-state index contributed by atoms with van der Waals surface area (Å²) in [6.45, 7) is -0.318. The molecule has 3 rings (SSSR count). The minimum Gasteiger partial charge on any atom is -0.343 e. The van der Waals surface area contributed by atoms with Crippen molar-refractivity contribution in [2.75, 3.05) is 6.54 Å². The van der Waals surface area contributed by atoms with Crippen molar-refractivity contribution in [2.24, 2.45) is 5.10 Å². The summed E-state index contributed by atoms with van der Waals surface area (Å²) < 4.78 is 12.8. The molecule has 0 aliphatic carbocycles. The topological polar surface area (TPSA) is 103 Å². The van der Waals surface area contributed by atoms with Gasteiger partial charge in [0.05, 0.1) is 18.3 Å². The first-order chi connectivity index (χ1) is 13.0. The first kappa shape index (κ1) is 18.0. The fourth-order valence-corrected chi connectivity index (χ4v) is 2.34. The maximum atomic E-state index is 12.8. The molecular formula is C19H15FN4O3. The van der Waals surface area contributed by atoms with E-state index in [-0.39, 0.29) is 23.2 Å². The molecule has 1 aromatic heterocycles. The van der Waals surface area contributed by atoms with Gasteiger partial charge in [0, 0.05) is 11.1 Å². The lowest BCUT2D eigenvalue weighted by Gasteiger charge is -2.04. The number of fused-ring (bicyclic) bond motifs is 1. The lowest BCUT2D eigenvalue weighted by Crippen LogP contribution is -2.35. The first-order valence-corrected chi connectivity index (χ1v) is 8.01. The number of hydrogen-bond acceptors (Lipinski definition) is 4. The number of pyridine rings is 1. The number of carbonyl (C=O) groups excluding carboxylic acids is 2. The fourth-order valence-electron chi connectivity index (χ4n) is 2.34. The quantitative estimate of drug-likeness (QED) is 0.471. The second-order valence-electron chi connectivity index (χ2n) is 5.62. The van der Waals surface area contributed by atoms with Crippen molar-refractivity contribution in [3.8, 4) is 0 Å². The molecule has 0 fully saturated rings. The number of hydrazone groups is 1. The highest BCUT2D eigenvalue weighted by Gasteiger charge is 2.07. The molecule has 0 saturated heterocycles. The zero-order valence-corrected chi connectivity index (χ0v) is 14.0. The van der Waals surface area contributed by atoms with Crippen molar-refractivity contribution in [3.63, 3.8) is 0 Å².